The molecule has 4 nitrogen and oxygen atoms in total. The zero-order valence-corrected chi connectivity index (χ0v) is 12.9. The molecule has 1 aromatic heterocycles. The van der Waals surface area contributed by atoms with Gasteiger partial charge in [-0.2, -0.15) is 0 Å². The van der Waals surface area contributed by atoms with Gasteiger partial charge >= 0.3 is 0 Å². The number of rotatable bonds is 3. The van der Waals surface area contributed by atoms with Crippen LogP contribution in [0.15, 0.2) is 6.07 Å². The number of nitrogens with zero attached hydrogens (tertiary/aromatic N) is 1. The monoisotopic (exact) mass is 275 g/mol. The third-order valence-corrected chi connectivity index (χ3v) is 4.15. The summed E-state index contributed by atoms with van der Waals surface area (Å²) in [5.74, 6) is 0.556. The van der Waals surface area contributed by atoms with Gasteiger partial charge in [-0.15, -0.1) is 0 Å². The average molecular weight is 275 g/mol. The second-order valence-electron chi connectivity index (χ2n) is 6.66. The Morgan fingerprint density at radius 1 is 1.35 bits per heavy atom. The molecule has 2 rings (SSSR count). The lowest BCUT2D eigenvalue weighted by molar-refractivity contribution is 0.0945. The van der Waals surface area contributed by atoms with Gasteiger partial charge in [-0.3, -0.25) is 5.41 Å². The minimum absolute atomic E-state index is 0.0288. The molecule has 20 heavy (non-hydrogen) atoms. The Balaban J connectivity index is 2.19. The molecule has 4 heteroatoms. The molecule has 0 amide bonds. The summed E-state index contributed by atoms with van der Waals surface area (Å²) in [6.45, 7) is 8.49. The Morgan fingerprint density at radius 3 is 2.50 bits per heavy atom. The summed E-state index contributed by atoms with van der Waals surface area (Å²) >= 11 is 0. The van der Waals surface area contributed by atoms with Gasteiger partial charge < -0.3 is 10.5 Å². The van der Waals surface area contributed by atoms with Crippen molar-refractivity contribution in [2.45, 2.75) is 59.5 Å². The minimum atomic E-state index is 0.0288. The third-order valence-electron chi connectivity index (χ3n) is 4.15. The van der Waals surface area contributed by atoms with Crippen molar-refractivity contribution in [3.63, 3.8) is 0 Å². The molecule has 1 aliphatic rings. The second-order valence-corrected chi connectivity index (χ2v) is 6.66. The molecule has 1 heterocycles. The van der Waals surface area contributed by atoms with Gasteiger partial charge in [0.25, 0.3) is 0 Å². The van der Waals surface area contributed by atoms with E-state index in [-0.39, 0.29) is 11.9 Å². The highest BCUT2D eigenvalue weighted by atomic mass is 16.5. The van der Waals surface area contributed by atoms with Crippen molar-refractivity contribution in [2.75, 3.05) is 0 Å². The van der Waals surface area contributed by atoms with Crippen molar-refractivity contribution in [3.05, 3.63) is 22.9 Å². The summed E-state index contributed by atoms with van der Waals surface area (Å²) in [6, 6.07) is 1.94. The summed E-state index contributed by atoms with van der Waals surface area (Å²) in [5, 5.41) is 7.73. The molecule has 0 radical (unpaired) electrons. The molecule has 0 spiro atoms. The highest BCUT2D eigenvalue weighted by molar-refractivity contribution is 5.98. The van der Waals surface area contributed by atoms with E-state index < -0.39 is 0 Å². The predicted molar refractivity (Wildman–Crippen MR) is 81.4 cm³/mol. The van der Waals surface area contributed by atoms with Crippen molar-refractivity contribution in [1.82, 2.24) is 4.98 Å². The lowest BCUT2D eigenvalue weighted by atomic mass is 9.76. The first-order valence-electron chi connectivity index (χ1n) is 7.28. The van der Waals surface area contributed by atoms with Crippen LogP contribution in [0.25, 0.3) is 0 Å². The zero-order valence-electron chi connectivity index (χ0n) is 12.9. The first-order chi connectivity index (χ1) is 9.28. The maximum absolute atomic E-state index is 7.73. The fourth-order valence-electron chi connectivity index (χ4n) is 2.86. The Bertz CT molecular complexity index is 513. The van der Waals surface area contributed by atoms with Crippen LogP contribution in [0.5, 0.6) is 5.88 Å². The van der Waals surface area contributed by atoms with Gasteiger partial charge in [0.15, 0.2) is 0 Å². The number of ether oxygens (including phenoxy) is 1. The van der Waals surface area contributed by atoms with Crippen LogP contribution in [0.1, 0.15) is 56.4 Å². The number of hydrogen-bond donors (Lipinski definition) is 2. The zero-order chi connectivity index (χ0) is 14.9. The molecular weight excluding hydrogens is 250 g/mol. The van der Waals surface area contributed by atoms with Crippen LogP contribution < -0.4 is 10.5 Å². The first-order valence-corrected chi connectivity index (χ1v) is 7.28. The van der Waals surface area contributed by atoms with Gasteiger partial charge in [0.05, 0.1) is 5.56 Å². The van der Waals surface area contributed by atoms with Crippen molar-refractivity contribution in [1.29, 1.82) is 5.41 Å². The Labute approximate surface area is 121 Å². The first kappa shape index (κ1) is 14.8. The largest absolute Gasteiger partial charge is 0.474 e. The normalized spacial score (nSPS) is 18.8. The number of nitrogen functional groups attached to an aromatic ring is 1. The lowest BCUT2D eigenvalue weighted by Crippen LogP contribution is -2.29. The van der Waals surface area contributed by atoms with Crippen molar-refractivity contribution in [2.24, 2.45) is 11.1 Å². The van der Waals surface area contributed by atoms with Crippen molar-refractivity contribution >= 4 is 5.84 Å². The molecule has 0 aliphatic heterocycles. The summed E-state index contributed by atoms with van der Waals surface area (Å²) in [5.41, 5.74) is 8.59. The molecule has 1 saturated carbocycles. The van der Waals surface area contributed by atoms with E-state index in [0.29, 0.717) is 16.9 Å². The Hall–Kier alpha value is -1.58. The SMILES string of the molecule is Cc1cc(C)c(C(=N)N)c(OC2CCC(C)(C)CC2)n1. The molecule has 0 unspecified atom stereocenters. The number of aromatic nitrogens is 1. The molecule has 110 valence electrons. The fraction of sp³-hybridized carbons (Fsp3) is 0.625. The van der Waals surface area contributed by atoms with Crippen molar-refractivity contribution in [3.8, 4) is 5.88 Å². The molecule has 0 bridgehead atoms. The summed E-state index contributed by atoms with van der Waals surface area (Å²) in [4.78, 5) is 4.44. The van der Waals surface area contributed by atoms with E-state index in [9.17, 15) is 0 Å². The molecule has 1 aromatic rings. The van der Waals surface area contributed by atoms with E-state index >= 15 is 0 Å². The number of nitrogens with one attached hydrogen (secondary N) is 1. The van der Waals surface area contributed by atoms with Gasteiger partial charge in [-0.25, -0.2) is 4.98 Å². The van der Waals surface area contributed by atoms with Gasteiger partial charge in [0, 0.05) is 5.69 Å². The molecule has 3 N–H and O–H groups in total. The number of hydrogen-bond acceptors (Lipinski definition) is 3. The smallest absolute Gasteiger partial charge is 0.225 e. The average Bonchev–Trinajstić information content (AvgIpc) is 2.30. The number of nitrogens with two attached hydrogens (primary N) is 1. The predicted octanol–water partition coefficient (Wildman–Crippen LogP) is 3.33. The topological polar surface area (TPSA) is 72.0 Å². The second kappa shape index (κ2) is 5.43. The van der Waals surface area contributed by atoms with Gasteiger partial charge in [-0.1, -0.05) is 13.8 Å². The summed E-state index contributed by atoms with van der Waals surface area (Å²) in [6.07, 6.45) is 4.60. The van der Waals surface area contributed by atoms with E-state index in [4.69, 9.17) is 15.9 Å². The Kier molecular flexibility index (Phi) is 4.02. The molecular formula is C16H25N3O. The quantitative estimate of drug-likeness (QED) is 0.656. The Morgan fingerprint density at radius 2 is 1.95 bits per heavy atom. The van der Waals surface area contributed by atoms with Gasteiger partial charge in [-0.05, 0) is 56.6 Å². The highest BCUT2D eigenvalue weighted by Gasteiger charge is 2.28. The third kappa shape index (κ3) is 3.30. The van der Waals surface area contributed by atoms with E-state index in [1.54, 1.807) is 0 Å². The lowest BCUT2D eigenvalue weighted by Gasteiger charge is -2.34. The van der Waals surface area contributed by atoms with Gasteiger partial charge in [0.1, 0.15) is 11.9 Å². The van der Waals surface area contributed by atoms with E-state index in [1.807, 2.05) is 19.9 Å². The van der Waals surface area contributed by atoms with Crippen LogP contribution in [0, 0.1) is 24.7 Å². The highest BCUT2D eigenvalue weighted by Crippen LogP contribution is 2.37. The van der Waals surface area contributed by atoms with Crippen molar-refractivity contribution < 1.29 is 4.74 Å². The fourth-order valence-corrected chi connectivity index (χ4v) is 2.86. The van der Waals surface area contributed by atoms with Crippen LogP contribution in [0.2, 0.25) is 0 Å². The molecule has 0 saturated heterocycles. The summed E-state index contributed by atoms with van der Waals surface area (Å²) < 4.78 is 6.07. The molecule has 1 fully saturated rings. The van der Waals surface area contributed by atoms with E-state index in [0.717, 1.165) is 36.9 Å². The molecule has 1 aliphatic carbocycles. The summed E-state index contributed by atoms with van der Waals surface area (Å²) in [7, 11) is 0. The van der Waals surface area contributed by atoms with Crippen LogP contribution in [-0.4, -0.2) is 16.9 Å². The maximum Gasteiger partial charge on any atom is 0.225 e. The van der Waals surface area contributed by atoms with Crippen LogP contribution in [0.3, 0.4) is 0 Å². The standard InChI is InChI=1S/C16H25N3O/c1-10-9-11(2)19-15(13(10)14(17)18)20-12-5-7-16(3,4)8-6-12/h9,12H,5-8H2,1-4H3,(H3,17,18). The van der Waals surface area contributed by atoms with E-state index in [2.05, 4.69) is 18.8 Å². The van der Waals surface area contributed by atoms with Gasteiger partial charge in [0.2, 0.25) is 5.88 Å². The maximum atomic E-state index is 7.73. The number of aryl methyl sites for hydroxylation is 2. The van der Waals surface area contributed by atoms with E-state index in [1.165, 1.54) is 0 Å². The number of pyridine rings is 1. The van der Waals surface area contributed by atoms with Crippen LogP contribution in [-0.2, 0) is 0 Å². The van der Waals surface area contributed by atoms with Crippen LogP contribution in [0.4, 0.5) is 0 Å². The molecule has 0 aromatic carbocycles. The number of amidine groups is 1. The minimum Gasteiger partial charge on any atom is -0.474 e. The van der Waals surface area contributed by atoms with Crippen LogP contribution >= 0.6 is 0 Å². The molecule has 0 atom stereocenters.